The fraction of sp³-hybridized carbons (Fsp3) is 0.350. The van der Waals surface area contributed by atoms with Crippen molar-refractivity contribution in [3.05, 3.63) is 52.9 Å². The molecule has 0 aliphatic carbocycles. The quantitative estimate of drug-likeness (QED) is 0.619. The first-order valence-electron chi connectivity index (χ1n) is 8.68. The van der Waals surface area contributed by atoms with Gasteiger partial charge in [-0.3, -0.25) is 14.3 Å². The van der Waals surface area contributed by atoms with Crippen molar-refractivity contribution in [2.75, 3.05) is 11.4 Å². The zero-order valence-electron chi connectivity index (χ0n) is 15.0. The van der Waals surface area contributed by atoms with Crippen LogP contribution in [0, 0.1) is 13.8 Å². The lowest BCUT2D eigenvalue weighted by molar-refractivity contribution is -0.117. The molecule has 1 amide bonds. The van der Waals surface area contributed by atoms with Crippen LogP contribution in [-0.2, 0) is 11.3 Å². The van der Waals surface area contributed by atoms with E-state index < -0.39 is 0 Å². The Bertz CT molecular complexity index is 849. The van der Waals surface area contributed by atoms with Gasteiger partial charge in [0.1, 0.15) is 0 Å². The average molecular weight is 337 g/mol. The molecule has 2 heterocycles. The number of benzene rings is 1. The molecule has 0 spiro atoms. The Morgan fingerprint density at radius 1 is 1.32 bits per heavy atom. The van der Waals surface area contributed by atoms with Crippen molar-refractivity contribution < 1.29 is 9.59 Å². The van der Waals surface area contributed by atoms with Crippen molar-refractivity contribution in [2.45, 2.75) is 40.2 Å². The van der Waals surface area contributed by atoms with Crippen LogP contribution in [0.5, 0.6) is 0 Å². The van der Waals surface area contributed by atoms with Crippen LogP contribution in [0.15, 0.2) is 30.3 Å². The van der Waals surface area contributed by atoms with Crippen LogP contribution < -0.4 is 4.90 Å². The standard InChI is InChI=1S/C20H23N3O2/c1-4-23-15(3)18(14(2)21-23)10-11-19(24)16-7-5-8-17(13-16)22-12-6-9-20(22)25/h5,7-8,10-11,13H,4,6,9,12H2,1-3H3/b11-10+. The second-order valence-electron chi connectivity index (χ2n) is 6.30. The highest BCUT2D eigenvalue weighted by Crippen LogP contribution is 2.23. The molecule has 25 heavy (non-hydrogen) atoms. The van der Waals surface area contributed by atoms with E-state index in [2.05, 4.69) is 5.10 Å². The molecule has 1 aromatic carbocycles. The average Bonchev–Trinajstić information content (AvgIpc) is 3.16. The van der Waals surface area contributed by atoms with E-state index in [0.717, 1.165) is 42.1 Å². The van der Waals surface area contributed by atoms with Crippen LogP contribution in [0.4, 0.5) is 5.69 Å². The number of aryl methyl sites for hydroxylation is 2. The maximum atomic E-state index is 12.5. The molecule has 0 radical (unpaired) electrons. The van der Waals surface area contributed by atoms with Crippen molar-refractivity contribution in [1.29, 1.82) is 0 Å². The Labute approximate surface area is 147 Å². The molecule has 1 aliphatic rings. The number of hydrogen-bond donors (Lipinski definition) is 0. The van der Waals surface area contributed by atoms with E-state index in [9.17, 15) is 9.59 Å². The summed E-state index contributed by atoms with van der Waals surface area (Å²) in [5, 5.41) is 4.46. The fourth-order valence-corrected chi connectivity index (χ4v) is 3.26. The Hall–Kier alpha value is -2.69. The smallest absolute Gasteiger partial charge is 0.227 e. The molecule has 0 atom stereocenters. The number of hydrogen-bond acceptors (Lipinski definition) is 3. The summed E-state index contributed by atoms with van der Waals surface area (Å²) in [5.41, 5.74) is 4.35. The van der Waals surface area contributed by atoms with Gasteiger partial charge in [0.25, 0.3) is 0 Å². The molecular formula is C20H23N3O2. The van der Waals surface area contributed by atoms with E-state index >= 15 is 0 Å². The van der Waals surface area contributed by atoms with Crippen molar-refractivity contribution >= 4 is 23.5 Å². The minimum absolute atomic E-state index is 0.0726. The molecule has 2 aromatic rings. The third-order valence-electron chi connectivity index (χ3n) is 4.65. The van der Waals surface area contributed by atoms with Gasteiger partial charge in [0.15, 0.2) is 5.78 Å². The highest BCUT2D eigenvalue weighted by Gasteiger charge is 2.22. The van der Waals surface area contributed by atoms with Gasteiger partial charge in [0.05, 0.1) is 5.69 Å². The van der Waals surface area contributed by atoms with Gasteiger partial charge in [-0.05, 0) is 51.5 Å². The molecule has 1 aromatic heterocycles. The number of rotatable bonds is 5. The summed E-state index contributed by atoms with van der Waals surface area (Å²) < 4.78 is 1.93. The van der Waals surface area contributed by atoms with Gasteiger partial charge in [0.2, 0.25) is 5.91 Å². The van der Waals surface area contributed by atoms with Gasteiger partial charge in [-0.1, -0.05) is 12.1 Å². The van der Waals surface area contributed by atoms with Crippen LogP contribution in [0.25, 0.3) is 6.08 Å². The summed E-state index contributed by atoms with van der Waals surface area (Å²) in [7, 11) is 0. The van der Waals surface area contributed by atoms with Crippen molar-refractivity contribution in [2.24, 2.45) is 0 Å². The van der Waals surface area contributed by atoms with Crippen LogP contribution in [0.1, 0.15) is 47.1 Å². The van der Waals surface area contributed by atoms with E-state index in [1.807, 2.05) is 43.7 Å². The summed E-state index contributed by atoms with van der Waals surface area (Å²) in [4.78, 5) is 26.2. The van der Waals surface area contributed by atoms with Gasteiger partial charge < -0.3 is 4.90 Å². The number of aromatic nitrogens is 2. The topological polar surface area (TPSA) is 55.2 Å². The zero-order valence-corrected chi connectivity index (χ0v) is 15.0. The first-order chi connectivity index (χ1) is 12.0. The van der Waals surface area contributed by atoms with E-state index in [4.69, 9.17) is 0 Å². The molecule has 1 saturated heterocycles. The van der Waals surface area contributed by atoms with E-state index in [0.29, 0.717) is 12.0 Å². The molecular weight excluding hydrogens is 314 g/mol. The predicted octanol–water partition coefficient (Wildman–Crippen LogP) is 3.54. The van der Waals surface area contributed by atoms with Crippen molar-refractivity contribution in [1.82, 2.24) is 9.78 Å². The summed E-state index contributed by atoms with van der Waals surface area (Å²) >= 11 is 0. The molecule has 3 rings (SSSR count). The number of amides is 1. The molecule has 0 N–H and O–H groups in total. The van der Waals surface area contributed by atoms with E-state index in [1.165, 1.54) is 0 Å². The maximum absolute atomic E-state index is 12.5. The van der Waals surface area contributed by atoms with Gasteiger partial charge in [-0.15, -0.1) is 0 Å². The first-order valence-corrected chi connectivity index (χ1v) is 8.68. The monoisotopic (exact) mass is 337 g/mol. The molecule has 0 unspecified atom stereocenters. The largest absolute Gasteiger partial charge is 0.312 e. The second-order valence-corrected chi connectivity index (χ2v) is 6.30. The van der Waals surface area contributed by atoms with Crippen LogP contribution in [-0.4, -0.2) is 28.0 Å². The lowest BCUT2D eigenvalue weighted by atomic mass is 10.1. The number of carbonyl (C=O) groups excluding carboxylic acids is 2. The molecule has 1 aliphatic heterocycles. The summed E-state index contributed by atoms with van der Waals surface area (Å²) in [6, 6.07) is 7.29. The number of nitrogens with zero attached hydrogens (tertiary/aromatic N) is 3. The molecule has 0 bridgehead atoms. The summed E-state index contributed by atoms with van der Waals surface area (Å²) in [5.74, 6) is 0.0508. The predicted molar refractivity (Wildman–Crippen MR) is 98.8 cm³/mol. The lowest BCUT2D eigenvalue weighted by Crippen LogP contribution is -2.23. The SMILES string of the molecule is CCn1nc(C)c(/C=C/C(=O)c2cccc(N3CCCC3=O)c2)c1C. The van der Waals surface area contributed by atoms with Gasteiger partial charge in [0, 0.05) is 42.0 Å². The Balaban J connectivity index is 1.82. The summed E-state index contributed by atoms with van der Waals surface area (Å²) in [6.45, 7) is 7.53. The van der Waals surface area contributed by atoms with Crippen LogP contribution >= 0.6 is 0 Å². The highest BCUT2D eigenvalue weighted by molar-refractivity contribution is 6.08. The molecule has 5 nitrogen and oxygen atoms in total. The lowest BCUT2D eigenvalue weighted by Gasteiger charge is -2.16. The number of ketones is 1. The van der Waals surface area contributed by atoms with E-state index in [1.54, 1.807) is 23.1 Å². The number of anilines is 1. The van der Waals surface area contributed by atoms with Crippen LogP contribution in [0.3, 0.4) is 0 Å². The molecule has 1 fully saturated rings. The Morgan fingerprint density at radius 2 is 2.12 bits per heavy atom. The molecule has 5 heteroatoms. The Morgan fingerprint density at radius 3 is 2.76 bits per heavy atom. The van der Waals surface area contributed by atoms with Crippen LogP contribution in [0.2, 0.25) is 0 Å². The normalized spacial score (nSPS) is 14.7. The summed E-state index contributed by atoms with van der Waals surface area (Å²) in [6.07, 6.45) is 4.87. The molecule has 130 valence electrons. The molecule has 0 saturated carbocycles. The number of carbonyl (C=O) groups is 2. The third kappa shape index (κ3) is 3.40. The Kier molecular flexibility index (Phi) is 4.83. The zero-order chi connectivity index (χ0) is 18.0. The minimum atomic E-state index is -0.0726. The first kappa shape index (κ1) is 17.1. The second kappa shape index (κ2) is 7.05. The third-order valence-corrected chi connectivity index (χ3v) is 4.65. The number of allylic oxidation sites excluding steroid dienone is 1. The minimum Gasteiger partial charge on any atom is -0.312 e. The van der Waals surface area contributed by atoms with Gasteiger partial charge >= 0.3 is 0 Å². The maximum Gasteiger partial charge on any atom is 0.227 e. The fourth-order valence-electron chi connectivity index (χ4n) is 3.26. The van der Waals surface area contributed by atoms with Crippen molar-refractivity contribution in [3.8, 4) is 0 Å². The highest BCUT2D eigenvalue weighted by atomic mass is 16.2. The van der Waals surface area contributed by atoms with Crippen molar-refractivity contribution in [3.63, 3.8) is 0 Å². The van der Waals surface area contributed by atoms with E-state index in [-0.39, 0.29) is 11.7 Å². The van der Waals surface area contributed by atoms with Gasteiger partial charge in [-0.25, -0.2) is 0 Å². The van der Waals surface area contributed by atoms with Gasteiger partial charge in [-0.2, -0.15) is 5.10 Å².